The summed E-state index contributed by atoms with van der Waals surface area (Å²) in [5.74, 6) is 1.52. The van der Waals surface area contributed by atoms with Crippen molar-refractivity contribution in [3.05, 3.63) is 42.2 Å². The molecule has 0 bridgehead atoms. The molecule has 0 unspecified atom stereocenters. The molecule has 0 atom stereocenters. The van der Waals surface area contributed by atoms with Crippen LogP contribution in [0.15, 0.2) is 42.2 Å². The van der Waals surface area contributed by atoms with Crippen LogP contribution < -0.4 is 10.2 Å². The molecular formula is C15H15N7S. The molecule has 0 radical (unpaired) electrons. The summed E-state index contributed by atoms with van der Waals surface area (Å²) in [6.07, 6.45) is 3.52. The Kier molecular flexibility index (Phi) is 3.81. The number of nitrogens with zero attached hydrogens (tertiary/aromatic N) is 6. The Labute approximate surface area is 137 Å². The highest BCUT2D eigenvalue weighted by molar-refractivity contribution is 7.13. The number of nitrogens with one attached hydrogen (secondary N) is 1. The van der Waals surface area contributed by atoms with Crippen LogP contribution in [0.4, 0.5) is 10.9 Å². The Morgan fingerprint density at radius 3 is 2.65 bits per heavy atom. The molecule has 23 heavy (non-hydrogen) atoms. The average molecular weight is 325 g/mol. The third kappa shape index (κ3) is 3.11. The second-order valence-electron chi connectivity index (χ2n) is 5.41. The van der Waals surface area contributed by atoms with Gasteiger partial charge in [0, 0.05) is 43.5 Å². The highest BCUT2D eigenvalue weighted by Crippen LogP contribution is 2.24. The van der Waals surface area contributed by atoms with E-state index in [1.54, 1.807) is 17.9 Å². The van der Waals surface area contributed by atoms with Crippen LogP contribution in [0.1, 0.15) is 0 Å². The van der Waals surface area contributed by atoms with Crippen molar-refractivity contribution >= 4 is 22.3 Å². The zero-order valence-corrected chi connectivity index (χ0v) is 13.1. The van der Waals surface area contributed by atoms with Crippen molar-refractivity contribution in [2.45, 2.75) is 0 Å². The maximum atomic E-state index is 4.34. The van der Waals surface area contributed by atoms with Gasteiger partial charge in [-0.3, -0.25) is 4.98 Å². The molecule has 4 heterocycles. The maximum absolute atomic E-state index is 4.34. The van der Waals surface area contributed by atoms with Gasteiger partial charge in [0.1, 0.15) is 5.51 Å². The largest absolute Gasteiger partial charge is 0.360 e. The van der Waals surface area contributed by atoms with Gasteiger partial charge in [0.25, 0.3) is 0 Å². The minimum atomic E-state index is 0.598. The van der Waals surface area contributed by atoms with E-state index in [1.165, 1.54) is 11.3 Å². The maximum Gasteiger partial charge on any atom is 0.205 e. The fourth-order valence-electron chi connectivity index (χ4n) is 2.54. The lowest BCUT2D eigenvalue weighted by Gasteiger charge is -2.39. The van der Waals surface area contributed by atoms with Crippen LogP contribution in [0.3, 0.4) is 0 Å². The Morgan fingerprint density at radius 1 is 1.09 bits per heavy atom. The third-order valence-electron chi connectivity index (χ3n) is 3.81. The lowest BCUT2D eigenvalue weighted by Crippen LogP contribution is -2.50. The van der Waals surface area contributed by atoms with Crippen molar-refractivity contribution < 1.29 is 0 Å². The minimum absolute atomic E-state index is 0.598. The number of hydrogen-bond acceptors (Lipinski definition) is 8. The Morgan fingerprint density at radius 2 is 1.96 bits per heavy atom. The van der Waals surface area contributed by atoms with Crippen LogP contribution >= 0.6 is 11.3 Å². The fraction of sp³-hybridized carbons (Fsp3) is 0.267. The lowest BCUT2D eigenvalue weighted by molar-refractivity contribution is 0.425. The summed E-state index contributed by atoms with van der Waals surface area (Å²) < 4.78 is 0. The third-order valence-corrected chi connectivity index (χ3v) is 4.46. The first-order valence-electron chi connectivity index (χ1n) is 7.37. The zero-order chi connectivity index (χ0) is 15.5. The molecule has 0 spiro atoms. The van der Waals surface area contributed by atoms with E-state index in [9.17, 15) is 0 Å². The molecular weight excluding hydrogens is 310 g/mol. The highest BCUT2D eigenvalue weighted by atomic mass is 32.1. The van der Waals surface area contributed by atoms with Gasteiger partial charge in [-0.05, 0) is 24.3 Å². The van der Waals surface area contributed by atoms with E-state index < -0.39 is 0 Å². The van der Waals surface area contributed by atoms with E-state index in [0.717, 1.165) is 41.8 Å². The van der Waals surface area contributed by atoms with Crippen LogP contribution in [-0.2, 0) is 0 Å². The standard InChI is InChI=1S/C15H15N7S/c1-2-14(20-19-13(1)12-3-5-16-6-4-12)22-8-11(9-22)7-17-15-21-18-10-23-15/h1-6,10-11H,7-9H2,(H,17,21). The highest BCUT2D eigenvalue weighted by Gasteiger charge is 2.27. The van der Waals surface area contributed by atoms with E-state index in [-0.39, 0.29) is 0 Å². The van der Waals surface area contributed by atoms with E-state index in [2.05, 4.69) is 35.6 Å². The molecule has 0 saturated carbocycles. The van der Waals surface area contributed by atoms with Gasteiger partial charge in [-0.15, -0.1) is 20.4 Å². The van der Waals surface area contributed by atoms with Crippen molar-refractivity contribution in [1.82, 2.24) is 25.4 Å². The van der Waals surface area contributed by atoms with Crippen molar-refractivity contribution in [3.63, 3.8) is 0 Å². The number of hydrogen-bond donors (Lipinski definition) is 1. The number of rotatable bonds is 5. The van der Waals surface area contributed by atoms with Gasteiger partial charge in [-0.2, -0.15) is 0 Å². The topological polar surface area (TPSA) is 79.7 Å². The monoisotopic (exact) mass is 325 g/mol. The summed E-state index contributed by atoms with van der Waals surface area (Å²) in [4.78, 5) is 6.25. The molecule has 1 N–H and O–H groups in total. The molecule has 4 rings (SSSR count). The van der Waals surface area contributed by atoms with Gasteiger partial charge in [0.2, 0.25) is 5.13 Å². The van der Waals surface area contributed by atoms with Gasteiger partial charge in [-0.25, -0.2) is 0 Å². The first-order valence-corrected chi connectivity index (χ1v) is 8.25. The quantitative estimate of drug-likeness (QED) is 0.768. The number of pyridine rings is 1. The van der Waals surface area contributed by atoms with Gasteiger partial charge in [0.15, 0.2) is 5.82 Å². The molecule has 3 aromatic rings. The Balaban J connectivity index is 1.32. The van der Waals surface area contributed by atoms with Crippen LogP contribution in [0.5, 0.6) is 0 Å². The smallest absolute Gasteiger partial charge is 0.205 e. The summed E-state index contributed by atoms with van der Waals surface area (Å²) >= 11 is 1.52. The molecule has 8 heteroatoms. The normalized spacial score (nSPS) is 14.5. The lowest BCUT2D eigenvalue weighted by atomic mass is 10.0. The molecule has 0 amide bonds. The second kappa shape index (κ2) is 6.25. The molecule has 0 aromatic carbocycles. The van der Waals surface area contributed by atoms with Gasteiger partial charge in [0.05, 0.1) is 5.69 Å². The molecule has 1 aliphatic heterocycles. The zero-order valence-electron chi connectivity index (χ0n) is 12.3. The van der Waals surface area contributed by atoms with Crippen LogP contribution in [0, 0.1) is 5.92 Å². The second-order valence-corrected chi connectivity index (χ2v) is 6.24. The molecule has 1 aliphatic rings. The SMILES string of the molecule is c1cc(-c2ccc(N3CC(CNc4nncs4)C3)nn2)ccn1. The molecule has 1 fully saturated rings. The van der Waals surface area contributed by atoms with Gasteiger partial charge in [-0.1, -0.05) is 11.3 Å². The number of anilines is 2. The first-order chi connectivity index (χ1) is 11.4. The summed E-state index contributed by atoms with van der Waals surface area (Å²) in [6.45, 7) is 2.87. The number of aromatic nitrogens is 5. The van der Waals surface area contributed by atoms with Crippen molar-refractivity contribution in [2.24, 2.45) is 5.92 Å². The predicted molar refractivity (Wildman–Crippen MR) is 89.4 cm³/mol. The van der Waals surface area contributed by atoms with Crippen LogP contribution in [0.2, 0.25) is 0 Å². The summed E-state index contributed by atoms with van der Waals surface area (Å²) in [6, 6.07) is 7.90. The molecule has 7 nitrogen and oxygen atoms in total. The van der Waals surface area contributed by atoms with Crippen molar-refractivity contribution in [2.75, 3.05) is 29.9 Å². The predicted octanol–water partition coefficient (Wildman–Crippen LogP) is 1.94. The fourth-order valence-corrected chi connectivity index (χ4v) is 2.99. The minimum Gasteiger partial charge on any atom is -0.360 e. The summed E-state index contributed by atoms with van der Waals surface area (Å²) in [7, 11) is 0. The Hall–Kier alpha value is -2.61. The molecule has 3 aromatic heterocycles. The van der Waals surface area contributed by atoms with E-state index >= 15 is 0 Å². The van der Waals surface area contributed by atoms with E-state index in [0.29, 0.717) is 5.92 Å². The molecule has 0 aliphatic carbocycles. The van der Waals surface area contributed by atoms with E-state index in [4.69, 9.17) is 0 Å². The Bertz CT molecular complexity index is 739. The van der Waals surface area contributed by atoms with Gasteiger partial charge < -0.3 is 10.2 Å². The average Bonchev–Trinajstić information content (AvgIpc) is 3.08. The molecule has 116 valence electrons. The van der Waals surface area contributed by atoms with Crippen molar-refractivity contribution in [1.29, 1.82) is 0 Å². The first kappa shape index (κ1) is 14.0. The van der Waals surface area contributed by atoms with Crippen molar-refractivity contribution in [3.8, 4) is 11.3 Å². The summed E-state index contributed by atoms with van der Waals surface area (Å²) in [5, 5.41) is 20.6. The van der Waals surface area contributed by atoms with Crippen LogP contribution in [-0.4, -0.2) is 45.0 Å². The molecule has 1 saturated heterocycles. The van der Waals surface area contributed by atoms with Gasteiger partial charge >= 0.3 is 0 Å². The van der Waals surface area contributed by atoms with Crippen LogP contribution in [0.25, 0.3) is 11.3 Å². The summed E-state index contributed by atoms with van der Waals surface area (Å²) in [5.41, 5.74) is 3.63. The van der Waals surface area contributed by atoms with E-state index in [1.807, 2.05) is 24.3 Å².